The van der Waals surface area contributed by atoms with Crippen LogP contribution in [-0.4, -0.2) is 27.2 Å². The van der Waals surface area contributed by atoms with E-state index >= 15 is 0 Å². The van der Waals surface area contributed by atoms with Gasteiger partial charge in [-0.15, -0.1) is 11.8 Å². The highest BCUT2D eigenvalue weighted by atomic mass is 32.2. The molecule has 3 aromatic rings. The molecule has 0 aliphatic rings. The molecule has 2 N–H and O–H groups in total. The Hall–Kier alpha value is -2.81. The van der Waals surface area contributed by atoms with Gasteiger partial charge in [-0.05, 0) is 67.1 Å². The minimum atomic E-state index is -3.67. The number of aryl methyl sites for hydroxylation is 1. The van der Waals surface area contributed by atoms with E-state index in [9.17, 15) is 13.2 Å². The van der Waals surface area contributed by atoms with Gasteiger partial charge in [-0.25, -0.2) is 13.1 Å². The van der Waals surface area contributed by atoms with Crippen molar-refractivity contribution in [2.45, 2.75) is 36.2 Å². The minimum Gasteiger partial charge on any atom is -0.484 e. The summed E-state index contributed by atoms with van der Waals surface area (Å²) in [7, 11) is -3.67. The van der Waals surface area contributed by atoms with E-state index in [1.54, 1.807) is 24.8 Å². The molecule has 0 spiro atoms. The van der Waals surface area contributed by atoms with Crippen LogP contribution < -0.4 is 14.8 Å². The summed E-state index contributed by atoms with van der Waals surface area (Å²) in [5, 5.41) is 2.91. The highest BCUT2D eigenvalue weighted by Crippen LogP contribution is 2.22. The van der Waals surface area contributed by atoms with Crippen molar-refractivity contribution in [1.29, 1.82) is 0 Å². The van der Waals surface area contributed by atoms with Gasteiger partial charge in [0.1, 0.15) is 5.75 Å². The zero-order valence-corrected chi connectivity index (χ0v) is 20.5. The van der Waals surface area contributed by atoms with E-state index in [1.807, 2.05) is 67.8 Å². The van der Waals surface area contributed by atoms with E-state index in [0.717, 1.165) is 16.0 Å². The van der Waals surface area contributed by atoms with Gasteiger partial charge in [0.25, 0.3) is 5.91 Å². The first-order valence-electron chi connectivity index (χ1n) is 10.5. The summed E-state index contributed by atoms with van der Waals surface area (Å²) in [4.78, 5) is 13.6. The van der Waals surface area contributed by atoms with Crippen LogP contribution in [0.15, 0.2) is 82.6 Å². The maximum atomic E-state index is 12.6. The molecule has 0 heterocycles. The van der Waals surface area contributed by atoms with Gasteiger partial charge in [0, 0.05) is 11.4 Å². The third-order valence-corrected chi connectivity index (χ3v) is 7.26. The summed E-state index contributed by atoms with van der Waals surface area (Å²) < 4.78 is 33.5. The summed E-state index contributed by atoms with van der Waals surface area (Å²) >= 11 is 1.67. The Balaban J connectivity index is 1.55. The van der Waals surface area contributed by atoms with Gasteiger partial charge in [-0.1, -0.05) is 42.5 Å². The lowest BCUT2D eigenvalue weighted by molar-refractivity contribution is -0.123. The zero-order chi connectivity index (χ0) is 23.8. The molecule has 3 rings (SSSR count). The van der Waals surface area contributed by atoms with E-state index in [2.05, 4.69) is 10.0 Å². The molecule has 8 heteroatoms. The van der Waals surface area contributed by atoms with Gasteiger partial charge < -0.3 is 10.1 Å². The number of sulfonamides is 1. The standard InChI is InChI=1S/C25H28N2O4S2/c1-18-15-23(33(29,30)26-16-20-7-5-4-6-8-20)13-14-24(18)31-17-25(28)27-19(2)21-9-11-22(32-3)12-10-21/h4-15,19,26H,16-17H2,1-3H3,(H,27,28)/t19-/m0/s1. The Kier molecular flexibility index (Phi) is 8.55. The normalized spacial score (nSPS) is 12.2. The number of rotatable bonds is 10. The Morgan fingerprint density at radius 3 is 2.36 bits per heavy atom. The van der Waals surface area contributed by atoms with Crippen LogP contribution in [0.3, 0.4) is 0 Å². The Morgan fingerprint density at radius 1 is 1.03 bits per heavy atom. The number of carbonyl (C=O) groups is 1. The number of thioether (sulfide) groups is 1. The molecule has 0 saturated carbocycles. The van der Waals surface area contributed by atoms with Crippen LogP contribution in [0, 0.1) is 6.92 Å². The number of hydrogen-bond acceptors (Lipinski definition) is 5. The van der Waals surface area contributed by atoms with Crippen LogP contribution in [0.5, 0.6) is 5.75 Å². The fourth-order valence-electron chi connectivity index (χ4n) is 3.21. The second-order valence-corrected chi connectivity index (χ2v) is 10.2. The van der Waals surface area contributed by atoms with Crippen LogP contribution in [0.1, 0.15) is 29.7 Å². The molecule has 6 nitrogen and oxygen atoms in total. The van der Waals surface area contributed by atoms with Crippen molar-refractivity contribution in [3.05, 3.63) is 89.5 Å². The topological polar surface area (TPSA) is 84.5 Å². The highest BCUT2D eigenvalue weighted by molar-refractivity contribution is 7.98. The first-order chi connectivity index (χ1) is 15.8. The molecule has 0 bridgehead atoms. The summed E-state index contributed by atoms with van der Waals surface area (Å²) in [6, 6.07) is 21.8. The molecule has 0 aromatic heterocycles. The van der Waals surface area contributed by atoms with Crippen LogP contribution in [0.25, 0.3) is 0 Å². The molecule has 0 aliphatic heterocycles. The van der Waals surface area contributed by atoms with Crippen LogP contribution in [0.4, 0.5) is 0 Å². The molecule has 0 aliphatic carbocycles. The Labute approximate surface area is 199 Å². The molecule has 3 aromatic carbocycles. The highest BCUT2D eigenvalue weighted by Gasteiger charge is 2.16. The fraction of sp³-hybridized carbons (Fsp3) is 0.240. The number of nitrogens with one attached hydrogen (secondary N) is 2. The summed E-state index contributed by atoms with van der Waals surface area (Å²) in [6.45, 7) is 3.71. The summed E-state index contributed by atoms with van der Waals surface area (Å²) in [5.74, 6) is 0.209. The molecule has 0 unspecified atom stereocenters. The Morgan fingerprint density at radius 2 is 1.73 bits per heavy atom. The number of benzene rings is 3. The average molecular weight is 485 g/mol. The van der Waals surface area contributed by atoms with Gasteiger partial charge in [0.2, 0.25) is 10.0 Å². The first kappa shape index (κ1) is 24.8. The maximum Gasteiger partial charge on any atom is 0.258 e. The van der Waals surface area contributed by atoms with E-state index in [0.29, 0.717) is 11.3 Å². The first-order valence-corrected chi connectivity index (χ1v) is 13.2. The van der Waals surface area contributed by atoms with E-state index in [4.69, 9.17) is 4.74 Å². The van der Waals surface area contributed by atoms with Crippen molar-refractivity contribution in [2.75, 3.05) is 12.9 Å². The second kappa shape index (κ2) is 11.4. The van der Waals surface area contributed by atoms with E-state index in [1.165, 1.54) is 12.1 Å². The van der Waals surface area contributed by atoms with Gasteiger partial charge in [0.15, 0.2) is 6.61 Å². The quantitative estimate of drug-likeness (QED) is 0.415. The van der Waals surface area contributed by atoms with Gasteiger partial charge in [-0.2, -0.15) is 0 Å². The van der Waals surface area contributed by atoms with Gasteiger partial charge >= 0.3 is 0 Å². The molecule has 0 fully saturated rings. The van der Waals surface area contributed by atoms with Crippen molar-refractivity contribution in [1.82, 2.24) is 10.0 Å². The molecule has 0 saturated heterocycles. The molecular weight excluding hydrogens is 456 g/mol. The molecule has 174 valence electrons. The van der Waals surface area contributed by atoms with Crippen molar-refractivity contribution in [2.24, 2.45) is 0 Å². The average Bonchev–Trinajstić information content (AvgIpc) is 2.82. The fourth-order valence-corrected chi connectivity index (χ4v) is 4.72. The van der Waals surface area contributed by atoms with Gasteiger partial charge in [-0.3, -0.25) is 4.79 Å². The van der Waals surface area contributed by atoms with E-state index < -0.39 is 10.0 Å². The van der Waals surface area contributed by atoms with Crippen molar-refractivity contribution < 1.29 is 17.9 Å². The third-order valence-electron chi connectivity index (χ3n) is 5.12. The molecule has 0 radical (unpaired) electrons. The predicted molar refractivity (Wildman–Crippen MR) is 132 cm³/mol. The lowest BCUT2D eigenvalue weighted by Gasteiger charge is -2.16. The van der Waals surface area contributed by atoms with Crippen LogP contribution >= 0.6 is 11.8 Å². The van der Waals surface area contributed by atoms with Crippen molar-refractivity contribution in [3.8, 4) is 5.75 Å². The SMILES string of the molecule is CSc1ccc([C@H](C)NC(=O)COc2ccc(S(=O)(=O)NCc3ccccc3)cc2C)cc1. The predicted octanol–water partition coefficient (Wildman–Crippen LogP) is 4.45. The monoisotopic (exact) mass is 484 g/mol. The molecule has 33 heavy (non-hydrogen) atoms. The van der Waals surface area contributed by atoms with Crippen LogP contribution in [-0.2, 0) is 21.4 Å². The smallest absolute Gasteiger partial charge is 0.258 e. The van der Waals surface area contributed by atoms with Crippen molar-refractivity contribution in [3.63, 3.8) is 0 Å². The molecule has 1 amide bonds. The lowest BCUT2D eigenvalue weighted by Crippen LogP contribution is -2.31. The lowest BCUT2D eigenvalue weighted by atomic mass is 10.1. The maximum absolute atomic E-state index is 12.6. The van der Waals surface area contributed by atoms with E-state index in [-0.39, 0.29) is 30.0 Å². The number of carbonyl (C=O) groups excluding carboxylic acids is 1. The summed E-state index contributed by atoms with van der Waals surface area (Å²) in [6.07, 6.45) is 2.02. The molecular formula is C25H28N2O4S2. The second-order valence-electron chi connectivity index (χ2n) is 7.59. The minimum absolute atomic E-state index is 0.148. The number of hydrogen-bond donors (Lipinski definition) is 2. The summed E-state index contributed by atoms with van der Waals surface area (Å²) in [5.41, 5.74) is 2.51. The molecule has 1 atom stereocenters. The third kappa shape index (κ3) is 7.08. The number of amides is 1. The number of ether oxygens (including phenoxy) is 1. The van der Waals surface area contributed by atoms with Crippen LogP contribution in [0.2, 0.25) is 0 Å². The largest absolute Gasteiger partial charge is 0.484 e. The Bertz CT molecular complexity index is 1180. The zero-order valence-electron chi connectivity index (χ0n) is 18.9. The van der Waals surface area contributed by atoms with Crippen molar-refractivity contribution >= 4 is 27.7 Å². The van der Waals surface area contributed by atoms with Gasteiger partial charge in [0.05, 0.1) is 10.9 Å².